The van der Waals surface area contributed by atoms with Gasteiger partial charge in [-0.3, -0.25) is 4.79 Å². The molecule has 0 fully saturated rings. The number of ether oxygens (including phenoxy) is 3. The van der Waals surface area contributed by atoms with Crippen LogP contribution in [0.15, 0.2) is 42.5 Å². The van der Waals surface area contributed by atoms with Gasteiger partial charge in [0, 0.05) is 16.1 Å². The van der Waals surface area contributed by atoms with Crippen LogP contribution in [0.1, 0.15) is 4.88 Å². The molecule has 0 spiro atoms. The highest BCUT2D eigenvalue weighted by molar-refractivity contribution is 7.16. The Bertz CT molecular complexity index is 969. The lowest BCUT2D eigenvalue weighted by molar-refractivity contribution is -0.136. The van der Waals surface area contributed by atoms with Crippen molar-refractivity contribution in [3.63, 3.8) is 0 Å². The van der Waals surface area contributed by atoms with Crippen molar-refractivity contribution in [2.45, 2.75) is 6.42 Å². The normalized spacial score (nSPS) is 10.4. The molecule has 2 aromatic carbocycles. The van der Waals surface area contributed by atoms with Crippen molar-refractivity contribution in [2.24, 2.45) is 0 Å². The van der Waals surface area contributed by atoms with E-state index in [4.69, 9.17) is 14.2 Å². The summed E-state index contributed by atoms with van der Waals surface area (Å²) in [4.78, 5) is 16.6. The zero-order valence-electron chi connectivity index (χ0n) is 15.7. The largest absolute Gasteiger partial charge is 0.497 e. The Labute approximate surface area is 166 Å². The van der Waals surface area contributed by atoms with E-state index in [1.807, 2.05) is 30.3 Å². The van der Waals surface area contributed by atoms with Gasteiger partial charge in [-0.1, -0.05) is 0 Å². The van der Waals surface area contributed by atoms with Gasteiger partial charge in [0.25, 0.3) is 0 Å². The van der Waals surface area contributed by atoms with Gasteiger partial charge in [-0.15, -0.1) is 11.3 Å². The van der Waals surface area contributed by atoms with Gasteiger partial charge in [0.1, 0.15) is 5.75 Å². The minimum Gasteiger partial charge on any atom is -0.497 e. The molecule has 7 nitrogen and oxygen atoms in total. The number of rotatable bonds is 8. The predicted molar refractivity (Wildman–Crippen MR) is 108 cm³/mol. The van der Waals surface area contributed by atoms with Gasteiger partial charge < -0.3 is 24.6 Å². The number of thiazole rings is 1. The number of methoxy groups -OCH3 is 3. The molecule has 0 aliphatic carbocycles. The van der Waals surface area contributed by atoms with E-state index in [1.165, 1.54) is 11.3 Å². The van der Waals surface area contributed by atoms with Crippen LogP contribution < -0.4 is 19.5 Å². The second-order valence-corrected chi connectivity index (χ2v) is 6.87. The monoisotopic (exact) mass is 400 g/mol. The summed E-state index contributed by atoms with van der Waals surface area (Å²) < 4.78 is 15.8. The van der Waals surface area contributed by atoms with E-state index < -0.39 is 5.97 Å². The Morgan fingerprint density at radius 1 is 1.04 bits per heavy atom. The molecule has 0 bridgehead atoms. The summed E-state index contributed by atoms with van der Waals surface area (Å²) in [5.41, 5.74) is 2.19. The fourth-order valence-electron chi connectivity index (χ4n) is 2.67. The summed E-state index contributed by atoms with van der Waals surface area (Å²) in [6.45, 7) is 0. The van der Waals surface area contributed by atoms with E-state index in [2.05, 4.69) is 10.3 Å². The van der Waals surface area contributed by atoms with Gasteiger partial charge in [0.05, 0.1) is 33.4 Å². The van der Waals surface area contributed by atoms with Crippen LogP contribution in [-0.2, 0) is 11.2 Å². The lowest BCUT2D eigenvalue weighted by atomic mass is 10.1. The molecule has 146 valence electrons. The van der Waals surface area contributed by atoms with Crippen LogP contribution >= 0.6 is 11.3 Å². The maximum absolute atomic E-state index is 11.3. The predicted octanol–water partition coefficient (Wildman–Crippen LogP) is 4.21. The molecule has 3 rings (SSSR count). The minimum atomic E-state index is -0.915. The molecule has 8 heteroatoms. The van der Waals surface area contributed by atoms with Crippen LogP contribution in [0.2, 0.25) is 0 Å². The number of carboxylic acids is 1. The molecule has 0 amide bonds. The Balaban J connectivity index is 1.96. The number of carboxylic acid groups (broad SMARTS) is 1. The number of hydrogen-bond donors (Lipinski definition) is 2. The van der Waals surface area contributed by atoms with Gasteiger partial charge in [0.2, 0.25) is 0 Å². The molecule has 3 aromatic rings. The van der Waals surface area contributed by atoms with Crippen molar-refractivity contribution in [3.05, 3.63) is 47.3 Å². The molecule has 2 N–H and O–H groups in total. The highest BCUT2D eigenvalue weighted by Crippen LogP contribution is 2.37. The molecule has 0 saturated heterocycles. The number of aliphatic carboxylic acids is 1. The molecular weight excluding hydrogens is 380 g/mol. The summed E-state index contributed by atoms with van der Waals surface area (Å²) in [7, 11) is 4.72. The molecular formula is C20H20N2O5S. The molecule has 1 aromatic heterocycles. The first kappa shape index (κ1) is 19.5. The molecule has 0 radical (unpaired) electrons. The zero-order chi connectivity index (χ0) is 20.1. The third-order valence-electron chi connectivity index (χ3n) is 4.01. The zero-order valence-corrected chi connectivity index (χ0v) is 16.5. The van der Waals surface area contributed by atoms with Crippen LogP contribution in [0.25, 0.3) is 11.3 Å². The topological polar surface area (TPSA) is 89.9 Å². The SMILES string of the molecule is COc1ccc(Nc2nc(-c3ccc(OC)c(OC)c3)c(CC(=O)O)s2)cc1. The smallest absolute Gasteiger partial charge is 0.308 e. The number of aromatic nitrogens is 1. The van der Waals surface area contributed by atoms with Crippen LogP contribution in [0.4, 0.5) is 10.8 Å². The fraction of sp³-hybridized carbons (Fsp3) is 0.200. The lowest BCUT2D eigenvalue weighted by Gasteiger charge is -2.09. The average molecular weight is 400 g/mol. The summed E-state index contributed by atoms with van der Waals surface area (Å²) in [5, 5.41) is 13.1. The first-order valence-electron chi connectivity index (χ1n) is 8.39. The van der Waals surface area contributed by atoms with E-state index in [9.17, 15) is 9.90 Å². The number of nitrogens with zero attached hydrogens (tertiary/aromatic N) is 1. The molecule has 0 saturated carbocycles. The Kier molecular flexibility index (Phi) is 6.00. The van der Waals surface area contributed by atoms with E-state index >= 15 is 0 Å². The molecule has 0 atom stereocenters. The molecule has 0 aliphatic heterocycles. The van der Waals surface area contributed by atoms with E-state index in [-0.39, 0.29) is 6.42 Å². The maximum Gasteiger partial charge on any atom is 0.308 e. The summed E-state index contributed by atoms with van der Waals surface area (Å²) in [6.07, 6.45) is -0.119. The van der Waals surface area contributed by atoms with Crippen LogP contribution in [0, 0.1) is 0 Å². The maximum atomic E-state index is 11.3. The van der Waals surface area contributed by atoms with Gasteiger partial charge in [0.15, 0.2) is 16.6 Å². The summed E-state index contributed by atoms with van der Waals surface area (Å²) in [6, 6.07) is 12.8. The van der Waals surface area contributed by atoms with E-state index in [1.54, 1.807) is 33.5 Å². The van der Waals surface area contributed by atoms with Crippen LogP contribution in [0.5, 0.6) is 17.2 Å². The highest BCUT2D eigenvalue weighted by Gasteiger charge is 2.18. The first-order valence-corrected chi connectivity index (χ1v) is 9.20. The second kappa shape index (κ2) is 8.62. The minimum absolute atomic E-state index is 0.119. The standard InChI is InChI=1S/C20H20N2O5S/c1-25-14-7-5-13(6-8-14)21-20-22-19(17(28-20)11-18(23)24)12-4-9-15(26-2)16(10-12)27-3/h4-10H,11H2,1-3H3,(H,21,22)(H,23,24). The fourth-order valence-corrected chi connectivity index (χ4v) is 3.66. The van der Waals surface area contributed by atoms with Gasteiger partial charge >= 0.3 is 5.97 Å². The van der Waals surface area contributed by atoms with E-state index in [0.29, 0.717) is 27.2 Å². The van der Waals surface area contributed by atoms with Crippen molar-refractivity contribution in [3.8, 4) is 28.5 Å². The Morgan fingerprint density at radius 3 is 2.36 bits per heavy atom. The van der Waals surface area contributed by atoms with Crippen molar-refractivity contribution >= 4 is 28.1 Å². The molecule has 28 heavy (non-hydrogen) atoms. The van der Waals surface area contributed by atoms with Crippen molar-refractivity contribution in [1.29, 1.82) is 0 Å². The number of benzene rings is 2. The Morgan fingerprint density at radius 2 is 1.75 bits per heavy atom. The molecule has 0 unspecified atom stereocenters. The lowest BCUT2D eigenvalue weighted by Crippen LogP contribution is -1.99. The number of hydrogen-bond acceptors (Lipinski definition) is 7. The highest BCUT2D eigenvalue weighted by atomic mass is 32.1. The molecule has 0 aliphatic rings. The van der Waals surface area contributed by atoms with Gasteiger partial charge in [-0.05, 0) is 42.5 Å². The van der Waals surface area contributed by atoms with Gasteiger partial charge in [-0.25, -0.2) is 4.98 Å². The van der Waals surface area contributed by atoms with Crippen LogP contribution in [0.3, 0.4) is 0 Å². The van der Waals surface area contributed by atoms with Crippen molar-refractivity contribution in [1.82, 2.24) is 4.98 Å². The first-order chi connectivity index (χ1) is 13.5. The second-order valence-electron chi connectivity index (χ2n) is 5.78. The third kappa shape index (κ3) is 4.34. The van der Waals surface area contributed by atoms with Crippen LogP contribution in [-0.4, -0.2) is 37.4 Å². The summed E-state index contributed by atoms with van der Waals surface area (Å²) >= 11 is 1.30. The van der Waals surface area contributed by atoms with E-state index in [0.717, 1.165) is 17.0 Å². The van der Waals surface area contributed by atoms with Gasteiger partial charge in [-0.2, -0.15) is 0 Å². The number of anilines is 2. The number of nitrogens with one attached hydrogen (secondary N) is 1. The van der Waals surface area contributed by atoms with Crippen molar-refractivity contribution < 1.29 is 24.1 Å². The summed E-state index contributed by atoms with van der Waals surface area (Å²) in [5.74, 6) is 0.987. The number of carbonyl (C=O) groups is 1. The van der Waals surface area contributed by atoms with Crippen molar-refractivity contribution in [2.75, 3.05) is 26.6 Å². The average Bonchev–Trinajstić information content (AvgIpc) is 3.09. The third-order valence-corrected chi connectivity index (χ3v) is 4.98. The quantitative estimate of drug-likeness (QED) is 0.585. The molecule has 1 heterocycles. The Hall–Kier alpha value is -3.26.